The average molecular weight is 437 g/mol. The summed E-state index contributed by atoms with van der Waals surface area (Å²) < 4.78 is 32.3. The van der Waals surface area contributed by atoms with E-state index < -0.39 is 6.09 Å². The second kappa shape index (κ2) is 9.92. The first-order chi connectivity index (χ1) is 15.5. The fraction of sp³-hybridized carbons (Fsp3) is 0.269. The monoisotopic (exact) mass is 436 g/mol. The number of hydrogen-bond donors (Lipinski definition) is 0. The van der Waals surface area contributed by atoms with Crippen LogP contribution in [-0.4, -0.2) is 41.6 Å². The molecule has 0 N–H and O–H groups in total. The number of carbonyl (C=O) groups is 1. The Hall–Kier alpha value is -3.25. The third-order valence-electron chi connectivity index (χ3n) is 5.91. The molecule has 4 rings (SSSR count). The molecule has 1 fully saturated rings. The van der Waals surface area contributed by atoms with Crippen molar-refractivity contribution in [3.63, 3.8) is 0 Å². The van der Waals surface area contributed by atoms with Crippen LogP contribution in [0.4, 0.5) is 13.6 Å². The number of likely N-dealkylation sites (tertiary alicyclic amines) is 1. The molecule has 1 heterocycles. The summed E-state index contributed by atoms with van der Waals surface area (Å²) in [6.07, 6.45) is -0.474. The Morgan fingerprint density at radius 3 is 2.19 bits per heavy atom. The molecular weight excluding hydrogens is 410 g/mol. The van der Waals surface area contributed by atoms with E-state index in [9.17, 15) is 13.6 Å². The maximum Gasteiger partial charge on any atom is 0.415 e. The van der Waals surface area contributed by atoms with Gasteiger partial charge in [-0.05, 0) is 54.4 Å². The topological polar surface area (TPSA) is 32.8 Å². The van der Waals surface area contributed by atoms with E-state index in [1.54, 1.807) is 17.0 Å². The lowest BCUT2D eigenvalue weighted by Crippen LogP contribution is -2.45. The summed E-state index contributed by atoms with van der Waals surface area (Å²) in [6.45, 7) is 4.55. The summed E-state index contributed by atoms with van der Waals surface area (Å²) in [5.74, 6) is -0.360. The van der Waals surface area contributed by atoms with E-state index in [1.165, 1.54) is 42.0 Å². The van der Waals surface area contributed by atoms with Gasteiger partial charge < -0.3 is 9.64 Å². The summed E-state index contributed by atoms with van der Waals surface area (Å²) in [6, 6.07) is 21.9. The maximum absolute atomic E-state index is 13.5. The van der Waals surface area contributed by atoms with Crippen LogP contribution >= 0.6 is 0 Å². The molecule has 0 aliphatic carbocycles. The third-order valence-corrected chi connectivity index (χ3v) is 5.91. The summed E-state index contributed by atoms with van der Waals surface area (Å²) in [4.78, 5) is 17.1. The van der Waals surface area contributed by atoms with Crippen molar-refractivity contribution in [1.29, 1.82) is 0 Å². The Kier molecular flexibility index (Phi) is 6.81. The van der Waals surface area contributed by atoms with Crippen molar-refractivity contribution in [2.45, 2.75) is 25.4 Å². The Labute approximate surface area is 187 Å². The Balaban J connectivity index is 1.56. The van der Waals surface area contributed by atoms with Gasteiger partial charge in [-0.1, -0.05) is 42.5 Å². The molecule has 0 radical (unpaired) electrons. The lowest BCUT2D eigenvalue weighted by atomic mass is 9.93. The molecule has 1 aliphatic rings. The van der Waals surface area contributed by atoms with Gasteiger partial charge in [0.25, 0.3) is 0 Å². The fourth-order valence-corrected chi connectivity index (χ4v) is 4.35. The number of rotatable bonds is 6. The number of nitrogens with zero attached hydrogens (tertiary/aromatic N) is 2. The number of likely N-dealkylation sites (N-methyl/N-ethyl adjacent to an activating group) is 1. The maximum atomic E-state index is 13.5. The van der Waals surface area contributed by atoms with Gasteiger partial charge in [0.15, 0.2) is 0 Å². The minimum Gasteiger partial charge on any atom is -0.410 e. The second-order valence-electron chi connectivity index (χ2n) is 8.01. The van der Waals surface area contributed by atoms with Crippen LogP contribution in [0.1, 0.15) is 24.0 Å². The van der Waals surface area contributed by atoms with Crippen molar-refractivity contribution in [2.75, 3.05) is 19.6 Å². The second-order valence-corrected chi connectivity index (χ2v) is 8.01. The van der Waals surface area contributed by atoms with Crippen LogP contribution in [0.25, 0.3) is 0 Å². The van der Waals surface area contributed by atoms with Gasteiger partial charge in [0, 0.05) is 32.1 Å². The number of ether oxygens (including phenoxy) is 1. The zero-order valence-corrected chi connectivity index (χ0v) is 18.0. The van der Waals surface area contributed by atoms with Crippen molar-refractivity contribution in [3.8, 4) is 5.75 Å². The zero-order valence-electron chi connectivity index (χ0n) is 18.0. The number of hydrogen-bond acceptors (Lipinski definition) is 3. The number of carbonyl (C=O) groups excluding carboxylic acids is 1. The van der Waals surface area contributed by atoms with Crippen molar-refractivity contribution in [1.82, 2.24) is 9.80 Å². The van der Waals surface area contributed by atoms with Gasteiger partial charge in [-0.15, -0.1) is 0 Å². The highest BCUT2D eigenvalue weighted by Crippen LogP contribution is 2.33. The van der Waals surface area contributed by atoms with Gasteiger partial charge in [0.1, 0.15) is 17.4 Å². The lowest BCUT2D eigenvalue weighted by molar-refractivity contribution is 0.131. The zero-order chi connectivity index (χ0) is 22.5. The first-order valence-electron chi connectivity index (χ1n) is 10.8. The summed E-state index contributed by atoms with van der Waals surface area (Å²) in [5.41, 5.74) is 2.18. The molecule has 2 unspecified atom stereocenters. The van der Waals surface area contributed by atoms with Gasteiger partial charge in [0.2, 0.25) is 0 Å². The van der Waals surface area contributed by atoms with Crippen LogP contribution < -0.4 is 4.74 Å². The molecule has 0 bridgehead atoms. The van der Waals surface area contributed by atoms with Crippen LogP contribution in [0.3, 0.4) is 0 Å². The van der Waals surface area contributed by atoms with Gasteiger partial charge in [-0.25, -0.2) is 13.6 Å². The van der Waals surface area contributed by atoms with E-state index in [0.29, 0.717) is 18.8 Å². The van der Waals surface area contributed by atoms with Gasteiger partial charge in [0.05, 0.1) is 6.04 Å². The van der Waals surface area contributed by atoms with Crippen LogP contribution in [0, 0.1) is 11.6 Å². The Morgan fingerprint density at radius 1 is 0.938 bits per heavy atom. The van der Waals surface area contributed by atoms with Crippen LogP contribution in [-0.2, 0) is 6.54 Å². The lowest BCUT2D eigenvalue weighted by Gasteiger charge is -2.31. The van der Waals surface area contributed by atoms with Crippen LogP contribution in [0.15, 0.2) is 78.9 Å². The predicted molar refractivity (Wildman–Crippen MR) is 119 cm³/mol. The first kappa shape index (κ1) is 22.0. The molecule has 0 spiro atoms. The molecule has 3 aromatic rings. The van der Waals surface area contributed by atoms with Gasteiger partial charge in [-0.3, -0.25) is 4.90 Å². The molecule has 3 aromatic carbocycles. The minimum atomic E-state index is -0.474. The molecule has 32 heavy (non-hydrogen) atoms. The molecule has 0 aromatic heterocycles. The smallest absolute Gasteiger partial charge is 0.410 e. The molecule has 1 aliphatic heterocycles. The number of benzene rings is 3. The van der Waals surface area contributed by atoms with E-state index in [-0.39, 0.29) is 23.6 Å². The standard InChI is InChI=1S/C26H26F2N2O2/c1-2-30(26(31)32-23-14-12-22(28)13-15-23)25-18-29(16-19-6-4-3-5-7-19)17-24(25)20-8-10-21(27)11-9-20/h3-15,24-25H,2,16-18H2,1H3. The molecule has 4 nitrogen and oxygen atoms in total. The van der Waals surface area contributed by atoms with Gasteiger partial charge in [-0.2, -0.15) is 0 Å². The molecule has 6 heteroatoms. The van der Waals surface area contributed by atoms with Crippen LogP contribution in [0.2, 0.25) is 0 Å². The summed E-state index contributed by atoms with van der Waals surface area (Å²) in [7, 11) is 0. The Bertz CT molecular complexity index is 1030. The van der Waals surface area contributed by atoms with Crippen molar-refractivity contribution in [2.24, 2.45) is 0 Å². The summed E-state index contributed by atoms with van der Waals surface area (Å²) >= 11 is 0. The quantitative estimate of drug-likeness (QED) is 0.515. The molecule has 1 saturated heterocycles. The predicted octanol–water partition coefficient (Wildman–Crippen LogP) is 5.45. The average Bonchev–Trinajstić information content (AvgIpc) is 3.20. The van der Waals surface area contributed by atoms with Crippen molar-refractivity contribution in [3.05, 3.63) is 102 Å². The molecule has 2 atom stereocenters. The SMILES string of the molecule is CCN(C(=O)Oc1ccc(F)cc1)C1CN(Cc2ccccc2)CC1c1ccc(F)cc1. The molecule has 1 amide bonds. The molecule has 166 valence electrons. The highest BCUT2D eigenvalue weighted by molar-refractivity contribution is 5.71. The van der Waals surface area contributed by atoms with Gasteiger partial charge >= 0.3 is 6.09 Å². The van der Waals surface area contributed by atoms with Crippen LogP contribution in [0.5, 0.6) is 5.75 Å². The van der Waals surface area contributed by atoms with Crippen molar-refractivity contribution >= 4 is 6.09 Å². The first-order valence-corrected chi connectivity index (χ1v) is 10.8. The number of amides is 1. The Morgan fingerprint density at radius 2 is 1.56 bits per heavy atom. The van der Waals surface area contributed by atoms with E-state index in [4.69, 9.17) is 4.74 Å². The minimum absolute atomic E-state index is 0.0139. The van der Waals surface area contributed by atoms with E-state index in [1.807, 2.05) is 25.1 Å². The molecular formula is C26H26F2N2O2. The van der Waals surface area contributed by atoms with Crippen molar-refractivity contribution < 1.29 is 18.3 Å². The highest BCUT2D eigenvalue weighted by Gasteiger charge is 2.39. The fourth-order valence-electron chi connectivity index (χ4n) is 4.35. The third kappa shape index (κ3) is 5.14. The van der Waals surface area contributed by atoms with E-state index in [0.717, 1.165) is 18.7 Å². The molecule has 0 saturated carbocycles. The number of halogens is 2. The van der Waals surface area contributed by atoms with E-state index in [2.05, 4.69) is 17.0 Å². The highest BCUT2D eigenvalue weighted by atomic mass is 19.1. The largest absolute Gasteiger partial charge is 0.415 e. The van der Waals surface area contributed by atoms with E-state index >= 15 is 0 Å². The summed E-state index contributed by atoms with van der Waals surface area (Å²) in [5, 5.41) is 0. The normalized spacial score (nSPS) is 18.5.